The third-order valence-electron chi connectivity index (χ3n) is 3.75. The quantitative estimate of drug-likeness (QED) is 0.680. The number of ether oxygens (including phenoxy) is 1. The molecule has 0 bridgehead atoms. The Kier molecular flexibility index (Phi) is 3.47. The maximum absolute atomic E-state index is 10.9. The molecule has 2 saturated heterocycles. The van der Waals surface area contributed by atoms with Crippen molar-refractivity contribution in [1.82, 2.24) is 10.2 Å². The second-order valence-electron chi connectivity index (χ2n) is 4.95. The predicted octanol–water partition coefficient (Wildman–Crippen LogP) is -0.229. The monoisotopic (exact) mass is 228 g/mol. The molecule has 2 fully saturated rings. The molecular weight excluding hydrogens is 208 g/mol. The molecule has 0 radical (unpaired) electrons. The third kappa shape index (κ3) is 2.21. The van der Waals surface area contributed by atoms with Crippen LogP contribution in [0.4, 0.5) is 0 Å². The van der Waals surface area contributed by atoms with Gasteiger partial charge < -0.3 is 15.2 Å². The summed E-state index contributed by atoms with van der Waals surface area (Å²) in [5.74, 6) is -0.132. The Bertz CT molecular complexity index is 266. The Labute approximate surface area is 95.8 Å². The van der Waals surface area contributed by atoms with Crippen LogP contribution in [0.25, 0.3) is 0 Å². The van der Waals surface area contributed by atoms with Crippen molar-refractivity contribution in [2.24, 2.45) is 5.92 Å². The summed E-state index contributed by atoms with van der Waals surface area (Å²) >= 11 is 0. The number of hydrogen-bond donors (Lipinski definition) is 2. The van der Waals surface area contributed by atoms with E-state index in [-0.39, 0.29) is 12.0 Å². The van der Waals surface area contributed by atoms with Gasteiger partial charge in [0.05, 0.1) is 18.6 Å². The lowest BCUT2D eigenvalue weighted by Gasteiger charge is -2.48. The zero-order valence-corrected chi connectivity index (χ0v) is 9.74. The van der Waals surface area contributed by atoms with E-state index in [9.17, 15) is 4.79 Å². The van der Waals surface area contributed by atoms with E-state index in [0.29, 0.717) is 5.92 Å². The summed E-state index contributed by atoms with van der Waals surface area (Å²) in [6.07, 6.45) is 1.37. The summed E-state index contributed by atoms with van der Waals surface area (Å²) in [5.41, 5.74) is -0.131. The molecule has 92 valence electrons. The summed E-state index contributed by atoms with van der Waals surface area (Å²) < 4.78 is 5.16. The second kappa shape index (κ2) is 4.69. The molecule has 2 N–H and O–H groups in total. The highest BCUT2D eigenvalue weighted by Crippen LogP contribution is 2.30. The van der Waals surface area contributed by atoms with E-state index in [1.807, 2.05) is 0 Å². The first-order chi connectivity index (χ1) is 7.66. The fraction of sp³-hybridized carbons (Fsp3) is 0.909. The van der Waals surface area contributed by atoms with Crippen molar-refractivity contribution in [2.45, 2.75) is 18.4 Å². The number of methoxy groups -OCH3 is 1. The van der Waals surface area contributed by atoms with Gasteiger partial charge in [-0.05, 0) is 18.9 Å². The summed E-state index contributed by atoms with van der Waals surface area (Å²) in [6, 6.07) is 0. The number of nitrogens with zero attached hydrogens (tertiary/aromatic N) is 1. The van der Waals surface area contributed by atoms with Crippen LogP contribution in [0.1, 0.15) is 12.8 Å². The maximum atomic E-state index is 10.9. The highest BCUT2D eigenvalue weighted by atomic mass is 16.5. The van der Waals surface area contributed by atoms with E-state index in [1.165, 1.54) is 0 Å². The van der Waals surface area contributed by atoms with Crippen molar-refractivity contribution >= 4 is 5.97 Å². The summed E-state index contributed by atoms with van der Waals surface area (Å²) in [5, 5.41) is 12.2. The van der Waals surface area contributed by atoms with Crippen LogP contribution in [0, 0.1) is 5.92 Å². The molecule has 0 aliphatic carbocycles. The highest BCUT2D eigenvalue weighted by molar-refractivity contribution is 5.68. The molecule has 0 spiro atoms. The normalized spacial score (nSPS) is 28.9. The lowest BCUT2D eigenvalue weighted by Crippen LogP contribution is -2.69. The molecule has 2 heterocycles. The van der Waals surface area contributed by atoms with Crippen molar-refractivity contribution in [3.8, 4) is 0 Å². The molecule has 2 rings (SSSR count). The maximum Gasteiger partial charge on any atom is 0.305 e. The average Bonchev–Trinajstić information content (AvgIpc) is 2.60. The summed E-state index contributed by atoms with van der Waals surface area (Å²) in [4.78, 5) is 13.2. The Morgan fingerprint density at radius 1 is 1.62 bits per heavy atom. The van der Waals surface area contributed by atoms with Gasteiger partial charge in [-0.1, -0.05) is 0 Å². The molecular formula is C11H20N2O3. The number of carboxylic acids is 1. The smallest absolute Gasteiger partial charge is 0.305 e. The molecule has 1 unspecified atom stereocenters. The number of aliphatic carboxylic acids is 1. The van der Waals surface area contributed by atoms with Crippen molar-refractivity contribution in [3.63, 3.8) is 0 Å². The van der Waals surface area contributed by atoms with Crippen LogP contribution < -0.4 is 5.32 Å². The first-order valence-electron chi connectivity index (χ1n) is 5.83. The molecule has 5 heteroatoms. The Morgan fingerprint density at radius 2 is 2.38 bits per heavy atom. The van der Waals surface area contributed by atoms with Crippen molar-refractivity contribution < 1.29 is 14.6 Å². The zero-order valence-electron chi connectivity index (χ0n) is 9.74. The van der Waals surface area contributed by atoms with E-state index in [0.717, 1.165) is 39.2 Å². The van der Waals surface area contributed by atoms with Crippen molar-refractivity contribution in [3.05, 3.63) is 0 Å². The molecule has 0 aromatic rings. The fourth-order valence-electron chi connectivity index (χ4n) is 2.79. The minimum Gasteiger partial charge on any atom is -0.481 e. The number of likely N-dealkylation sites (tertiary alicyclic amines) is 1. The third-order valence-corrected chi connectivity index (χ3v) is 3.75. The largest absolute Gasteiger partial charge is 0.481 e. The Hall–Kier alpha value is -0.650. The van der Waals surface area contributed by atoms with Gasteiger partial charge in [0.25, 0.3) is 0 Å². The van der Waals surface area contributed by atoms with Gasteiger partial charge in [0.1, 0.15) is 0 Å². The Balaban J connectivity index is 1.93. The van der Waals surface area contributed by atoms with Crippen molar-refractivity contribution in [2.75, 3.05) is 39.9 Å². The zero-order chi connectivity index (χ0) is 11.6. The predicted molar refractivity (Wildman–Crippen MR) is 59.4 cm³/mol. The van der Waals surface area contributed by atoms with E-state index in [2.05, 4.69) is 10.2 Å². The molecule has 2 aliphatic heterocycles. The molecule has 16 heavy (non-hydrogen) atoms. The minimum absolute atomic E-state index is 0.131. The van der Waals surface area contributed by atoms with Crippen LogP contribution in [0.2, 0.25) is 0 Å². The van der Waals surface area contributed by atoms with Crippen LogP contribution in [-0.4, -0.2) is 61.4 Å². The van der Waals surface area contributed by atoms with E-state index in [1.54, 1.807) is 7.11 Å². The van der Waals surface area contributed by atoms with Crippen LogP contribution in [0.3, 0.4) is 0 Å². The summed E-state index contributed by atoms with van der Waals surface area (Å²) in [7, 11) is 1.72. The van der Waals surface area contributed by atoms with Gasteiger partial charge in [-0.3, -0.25) is 9.69 Å². The van der Waals surface area contributed by atoms with Crippen LogP contribution in [-0.2, 0) is 9.53 Å². The van der Waals surface area contributed by atoms with Gasteiger partial charge in [-0.25, -0.2) is 0 Å². The van der Waals surface area contributed by atoms with E-state index in [4.69, 9.17) is 9.84 Å². The minimum atomic E-state index is -0.698. The van der Waals surface area contributed by atoms with Crippen LogP contribution in [0.15, 0.2) is 0 Å². The van der Waals surface area contributed by atoms with Crippen LogP contribution >= 0.6 is 0 Å². The molecule has 0 amide bonds. The van der Waals surface area contributed by atoms with Crippen LogP contribution in [0.5, 0.6) is 0 Å². The van der Waals surface area contributed by atoms with Gasteiger partial charge >= 0.3 is 5.97 Å². The first-order valence-corrected chi connectivity index (χ1v) is 5.83. The SMILES string of the molecule is COCC1CCN(C2(CC(=O)O)CNC2)C1. The number of carboxylic acid groups (broad SMARTS) is 1. The number of rotatable bonds is 5. The number of nitrogens with one attached hydrogen (secondary N) is 1. The first kappa shape index (κ1) is 11.8. The average molecular weight is 228 g/mol. The highest BCUT2D eigenvalue weighted by Gasteiger charge is 2.46. The topological polar surface area (TPSA) is 61.8 Å². The molecule has 2 aliphatic rings. The number of hydrogen-bond acceptors (Lipinski definition) is 4. The molecule has 0 saturated carbocycles. The Morgan fingerprint density at radius 3 is 2.88 bits per heavy atom. The molecule has 0 aromatic heterocycles. The lowest BCUT2D eigenvalue weighted by atomic mass is 9.86. The standard InChI is InChI=1S/C11H20N2O3/c1-16-6-9-2-3-13(5-9)11(4-10(14)15)7-12-8-11/h9,12H,2-8H2,1H3,(H,14,15). The van der Waals surface area contributed by atoms with Crippen molar-refractivity contribution in [1.29, 1.82) is 0 Å². The van der Waals surface area contributed by atoms with Gasteiger partial charge in [0.2, 0.25) is 0 Å². The molecule has 0 aromatic carbocycles. The van der Waals surface area contributed by atoms with E-state index >= 15 is 0 Å². The van der Waals surface area contributed by atoms with E-state index < -0.39 is 5.97 Å². The van der Waals surface area contributed by atoms with Gasteiger partial charge in [0.15, 0.2) is 0 Å². The van der Waals surface area contributed by atoms with Gasteiger partial charge in [0, 0.05) is 26.7 Å². The van der Waals surface area contributed by atoms with Gasteiger partial charge in [-0.15, -0.1) is 0 Å². The number of carbonyl (C=O) groups is 1. The molecule has 1 atom stereocenters. The fourth-order valence-corrected chi connectivity index (χ4v) is 2.79. The summed E-state index contributed by atoms with van der Waals surface area (Å²) in [6.45, 7) is 4.37. The molecule has 5 nitrogen and oxygen atoms in total. The second-order valence-corrected chi connectivity index (χ2v) is 4.95. The lowest BCUT2D eigenvalue weighted by molar-refractivity contribution is -0.141. The van der Waals surface area contributed by atoms with Gasteiger partial charge in [-0.2, -0.15) is 0 Å².